The molecule has 0 atom stereocenters. The summed E-state index contributed by atoms with van der Waals surface area (Å²) < 4.78 is 5.32. The van der Waals surface area contributed by atoms with Crippen LogP contribution in [0.25, 0.3) is 0 Å². The molecule has 1 aromatic rings. The van der Waals surface area contributed by atoms with Crippen molar-refractivity contribution in [3.8, 4) is 0 Å². The number of carbonyl (C=O) groups excluding carboxylic acids is 2. The van der Waals surface area contributed by atoms with Gasteiger partial charge in [-0.2, -0.15) is 0 Å². The van der Waals surface area contributed by atoms with Crippen molar-refractivity contribution >= 4 is 17.5 Å². The summed E-state index contributed by atoms with van der Waals surface area (Å²) in [5.41, 5.74) is 0.850. The fraction of sp³-hybridized carbons (Fsp3) is 0.600. The highest BCUT2D eigenvalue weighted by Gasteiger charge is 2.39. The van der Waals surface area contributed by atoms with Crippen molar-refractivity contribution in [2.75, 3.05) is 32.1 Å². The lowest BCUT2D eigenvalue weighted by atomic mass is 9.78. The number of rotatable bonds is 6. The molecule has 6 nitrogen and oxygen atoms in total. The molecule has 0 unspecified atom stereocenters. The van der Waals surface area contributed by atoms with E-state index < -0.39 is 5.41 Å². The number of anilines is 1. The molecule has 2 amide bonds. The number of carbonyl (C=O) groups is 2. The molecular weight excluding hydrogens is 330 g/mol. The molecule has 3 rings (SSSR count). The van der Waals surface area contributed by atoms with Crippen LogP contribution in [0.1, 0.15) is 48.9 Å². The van der Waals surface area contributed by atoms with Gasteiger partial charge in [-0.25, -0.2) is 0 Å². The van der Waals surface area contributed by atoms with Crippen LogP contribution in [-0.4, -0.2) is 44.7 Å². The molecule has 1 saturated carbocycles. The highest BCUT2D eigenvalue weighted by atomic mass is 16.5. The quantitative estimate of drug-likeness (QED) is 0.728. The highest BCUT2D eigenvalue weighted by Crippen LogP contribution is 2.31. The number of benzene rings is 1. The lowest BCUT2D eigenvalue weighted by Gasteiger charge is -2.35. The molecule has 0 radical (unpaired) electrons. The Morgan fingerprint density at radius 2 is 1.81 bits per heavy atom. The Labute approximate surface area is 155 Å². The number of methoxy groups -OCH3 is 1. The molecule has 1 heterocycles. The summed E-state index contributed by atoms with van der Waals surface area (Å²) in [6.45, 7) is 2.05. The predicted molar refractivity (Wildman–Crippen MR) is 101 cm³/mol. The average molecular weight is 359 g/mol. The van der Waals surface area contributed by atoms with Gasteiger partial charge in [-0.3, -0.25) is 9.59 Å². The normalized spacial score (nSPS) is 19.9. The van der Waals surface area contributed by atoms with E-state index in [0.717, 1.165) is 38.8 Å². The molecule has 3 N–H and O–H groups in total. The summed E-state index contributed by atoms with van der Waals surface area (Å²) in [6.07, 6.45) is 6.03. The van der Waals surface area contributed by atoms with Crippen molar-refractivity contribution in [2.24, 2.45) is 5.41 Å². The largest absolute Gasteiger partial charge is 0.384 e. The van der Waals surface area contributed by atoms with Crippen LogP contribution in [0.3, 0.4) is 0 Å². The SMILES string of the molecule is COCC1(C(=O)Nc2ccc(C(=O)NC3CCCC3)cc2)CCNCC1. The van der Waals surface area contributed by atoms with Crippen molar-refractivity contribution < 1.29 is 14.3 Å². The van der Waals surface area contributed by atoms with Crippen LogP contribution < -0.4 is 16.0 Å². The molecule has 2 fully saturated rings. The second-order valence-corrected chi connectivity index (χ2v) is 7.45. The van der Waals surface area contributed by atoms with Gasteiger partial charge in [0, 0.05) is 24.4 Å². The van der Waals surface area contributed by atoms with Gasteiger partial charge in [0.15, 0.2) is 0 Å². The Bertz CT molecular complexity index is 612. The van der Waals surface area contributed by atoms with Crippen molar-refractivity contribution in [1.29, 1.82) is 0 Å². The Kier molecular flexibility index (Phi) is 6.27. The van der Waals surface area contributed by atoms with Crippen LogP contribution in [0, 0.1) is 5.41 Å². The maximum absolute atomic E-state index is 12.8. The van der Waals surface area contributed by atoms with Crippen LogP contribution in [0.2, 0.25) is 0 Å². The van der Waals surface area contributed by atoms with Crippen LogP contribution in [0.15, 0.2) is 24.3 Å². The minimum Gasteiger partial charge on any atom is -0.384 e. The Hall–Kier alpha value is -1.92. The first-order chi connectivity index (χ1) is 12.6. The van der Waals surface area contributed by atoms with Gasteiger partial charge in [0.2, 0.25) is 5.91 Å². The Morgan fingerprint density at radius 1 is 1.15 bits per heavy atom. The Morgan fingerprint density at radius 3 is 2.42 bits per heavy atom. The van der Waals surface area contributed by atoms with Gasteiger partial charge in [-0.05, 0) is 63.0 Å². The molecular formula is C20H29N3O3. The van der Waals surface area contributed by atoms with Crippen molar-refractivity contribution in [3.05, 3.63) is 29.8 Å². The molecule has 0 spiro atoms. The molecule has 1 aromatic carbocycles. The molecule has 6 heteroatoms. The third-order valence-electron chi connectivity index (χ3n) is 5.56. The van der Waals surface area contributed by atoms with Gasteiger partial charge in [0.25, 0.3) is 5.91 Å². The molecule has 0 bridgehead atoms. The minimum atomic E-state index is -0.488. The summed E-state index contributed by atoms with van der Waals surface area (Å²) in [6, 6.07) is 7.43. The first-order valence-electron chi connectivity index (χ1n) is 9.55. The smallest absolute Gasteiger partial charge is 0.251 e. The number of piperidine rings is 1. The zero-order valence-corrected chi connectivity index (χ0v) is 15.5. The van der Waals surface area contributed by atoms with E-state index in [1.807, 2.05) is 0 Å². The van der Waals surface area contributed by atoms with E-state index in [2.05, 4.69) is 16.0 Å². The van der Waals surface area contributed by atoms with Crippen LogP contribution in [0.5, 0.6) is 0 Å². The van der Waals surface area contributed by atoms with E-state index in [9.17, 15) is 9.59 Å². The van der Waals surface area contributed by atoms with E-state index >= 15 is 0 Å². The molecule has 1 aliphatic heterocycles. The van der Waals surface area contributed by atoms with Gasteiger partial charge in [-0.1, -0.05) is 12.8 Å². The summed E-state index contributed by atoms with van der Waals surface area (Å²) in [5, 5.41) is 9.36. The van der Waals surface area contributed by atoms with E-state index in [1.165, 1.54) is 12.8 Å². The zero-order chi connectivity index (χ0) is 18.4. The summed E-state index contributed by atoms with van der Waals surface area (Å²) >= 11 is 0. The first-order valence-corrected chi connectivity index (χ1v) is 9.55. The van der Waals surface area contributed by atoms with Gasteiger partial charge in [0.1, 0.15) is 0 Å². The fourth-order valence-corrected chi connectivity index (χ4v) is 3.93. The lowest BCUT2D eigenvalue weighted by Crippen LogP contribution is -2.47. The maximum Gasteiger partial charge on any atom is 0.251 e. The number of nitrogens with one attached hydrogen (secondary N) is 3. The summed E-state index contributed by atoms with van der Waals surface area (Å²) in [7, 11) is 1.63. The fourth-order valence-electron chi connectivity index (χ4n) is 3.93. The van der Waals surface area contributed by atoms with E-state index in [0.29, 0.717) is 23.9 Å². The first kappa shape index (κ1) is 18.9. The topological polar surface area (TPSA) is 79.5 Å². The monoisotopic (exact) mass is 359 g/mol. The average Bonchev–Trinajstić information content (AvgIpc) is 3.16. The second-order valence-electron chi connectivity index (χ2n) is 7.45. The van der Waals surface area contributed by atoms with Crippen molar-refractivity contribution in [3.63, 3.8) is 0 Å². The third-order valence-corrected chi connectivity index (χ3v) is 5.56. The number of amides is 2. The molecule has 142 valence electrons. The number of hydrogen-bond acceptors (Lipinski definition) is 4. The number of ether oxygens (including phenoxy) is 1. The molecule has 1 aliphatic carbocycles. The van der Waals surface area contributed by atoms with Crippen LogP contribution in [-0.2, 0) is 9.53 Å². The van der Waals surface area contributed by atoms with Crippen molar-refractivity contribution in [1.82, 2.24) is 10.6 Å². The van der Waals surface area contributed by atoms with E-state index in [4.69, 9.17) is 4.74 Å². The molecule has 2 aliphatic rings. The van der Waals surface area contributed by atoms with Crippen molar-refractivity contribution in [2.45, 2.75) is 44.6 Å². The van der Waals surface area contributed by atoms with Gasteiger partial charge in [-0.15, -0.1) is 0 Å². The van der Waals surface area contributed by atoms with Crippen LogP contribution in [0.4, 0.5) is 5.69 Å². The van der Waals surface area contributed by atoms with E-state index in [1.54, 1.807) is 31.4 Å². The second kappa shape index (κ2) is 8.64. The standard InChI is InChI=1S/C20H29N3O3/c1-26-14-20(10-12-21-13-11-20)19(25)23-17-8-6-15(7-9-17)18(24)22-16-4-2-3-5-16/h6-9,16,21H,2-5,10-14H2,1H3,(H,22,24)(H,23,25). The third kappa shape index (κ3) is 4.43. The van der Waals surface area contributed by atoms with Gasteiger partial charge in [0.05, 0.1) is 12.0 Å². The zero-order valence-electron chi connectivity index (χ0n) is 15.5. The highest BCUT2D eigenvalue weighted by molar-refractivity contribution is 5.97. The predicted octanol–water partition coefficient (Wildman–Crippen LogP) is 2.31. The summed E-state index contributed by atoms with van der Waals surface area (Å²) in [4.78, 5) is 25.1. The van der Waals surface area contributed by atoms with Crippen LogP contribution >= 0.6 is 0 Å². The van der Waals surface area contributed by atoms with Gasteiger partial charge >= 0.3 is 0 Å². The summed E-state index contributed by atoms with van der Waals surface area (Å²) in [5.74, 6) is -0.0482. The minimum absolute atomic E-state index is 0.0102. The molecule has 1 saturated heterocycles. The Balaban J connectivity index is 1.60. The maximum atomic E-state index is 12.8. The molecule has 0 aromatic heterocycles. The number of hydrogen-bond donors (Lipinski definition) is 3. The van der Waals surface area contributed by atoms with E-state index in [-0.39, 0.29) is 11.8 Å². The lowest BCUT2D eigenvalue weighted by molar-refractivity contribution is -0.130. The van der Waals surface area contributed by atoms with Gasteiger partial charge < -0.3 is 20.7 Å². The molecule has 26 heavy (non-hydrogen) atoms.